The summed E-state index contributed by atoms with van der Waals surface area (Å²) in [5, 5.41) is 8.17. The van der Waals surface area contributed by atoms with Crippen molar-refractivity contribution in [2.45, 2.75) is 38.3 Å². The van der Waals surface area contributed by atoms with E-state index in [1.165, 1.54) is 12.1 Å². The lowest BCUT2D eigenvalue weighted by molar-refractivity contribution is 0.184. The molecule has 2 heterocycles. The van der Waals surface area contributed by atoms with Crippen molar-refractivity contribution in [3.63, 3.8) is 0 Å². The number of anilines is 1. The summed E-state index contributed by atoms with van der Waals surface area (Å²) in [4.78, 5) is 24.1. The predicted molar refractivity (Wildman–Crippen MR) is 145 cm³/mol. The van der Waals surface area contributed by atoms with Crippen LogP contribution in [0.2, 0.25) is 5.02 Å². The monoisotopic (exact) mass is 534 g/mol. The van der Waals surface area contributed by atoms with Crippen LogP contribution in [0.3, 0.4) is 0 Å². The van der Waals surface area contributed by atoms with E-state index < -0.39 is 0 Å². The van der Waals surface area contributed by atoms with E-state index in [0.29, 0.717) is 41.2 Å². The Balaban J connectivity index is 1.43. The van der Waals surface area contributed by atoms with Crippen molar-refractivity contribution in [3.8, 4) is 28.5 Å². The highest BCUT2D eigenvalue weighted by Crippen LogP contribution is 2.31. The Morgan fingerprint density at radius 3 is 2.53 bits per heavy atom. The average molecular weight is 535 g/mol. The zero-order chi connectivity index (χ0) is 26.5. The van der Waals surface area contributed by atoms with Crippen LogP contribution in [0.15, 0.2) is 67.0 Å². The number of nitrogens with zero attached hydrogens (tertiary/aromatic N) is 5. The van der Waals surface area contributed by atoms with Crippen molar-refractivity contribution in [3.05, 3.63) is 77.8 Å². The Morgan fingerprint density at radius 2 is 1.84 bits per heavy atom. The van der Waals surface area contributed by atoms with Gasteiger partial charge in [-0.15, -0.1) is 0 Å². The Morgan fingerprint density at radius 1 is 1.11 bits per heavy atom. The number of urea groups is 1. The van der Waals surface area contributed by atoms with Crippen molar-refractivity contribution >= 4 is 23.3 Å². The first-order chi connectivity index (χ1) is 18.5. The van der Waals surface area contributed by atoms with E-state index in [0.717, 1.165) is 36.8 Å². The summed E-state index contributed by atoms with van der Waals surface area (Å²) in [5.74, 6) is 1.41. The highest BCUT2D eigenvalue weighted by atomic mass is 35.5. The number of pyridine rings is 1. The number of carbonyl (C=O) groups is 1. The molecule has 1 aliphatic carbocycles. The van der Waals surface area contributed by atoms with E-state index in [2.05, 4.69) is 10.3 Å². The van der Waals surface area contributed by atoms with Gasteiger partial charge in [-0.05, 0) is 67.4 Å². The number of ether oxygens (including phenoxy) is 1. The standard InChI is InChI=1S/C28H28ClFN6O2/c1-38-25-11-6-20(18-24(25)29)27-33-26(19-12-14-31-15-13-19)34-36(27)17-16-35(23-4-2-3-5-23)28(37)32-22-9-7-21(30)8-10-22/h6-15,18,23H,2-5,16-17H2,1H3,(H,32,37). The number of rotatable bonds is 8. The molecule has 1 N–H and O–H groups in total. The molecule has 4 aromatic rings. The van der Waals surface area contributed by atoms with E-state index in [1.807, 2.05) is 23.1 Å². The molecule has 0 radical (unpaired) electrons. The number of methoxy groups -OCH3 is 1. The van der Waals surface area contributed by atoms with Crippen molar-refractivity contribution in [1.82, 2.24) is 24.6 Å². The molecule has 0 bridgehead atoms. The van der Waals surface area contributed by atoms with Crippen molar-refractivity contribution in [2.75, 3.05) is 19.0 Å². The number of nitrogens with one attached hydrogen (secondary N) is 1. The van der Waals surface area contributed by atoms with Crippen LogP contribution in [0, 0.1) is 5.82 Å². The topological polar surface area (TPSA) is 85.2 Å². The molecule has 10 heteroatoms. The molecule has 2 aromatic carbocycles. The third-order valence-corrected chi connectivity index (χ3v) is 6.99. The van der Waals surface area contributed by atoms with Gasteiger partial charge >= 0.3 is 6.03 Å². The minimum atomic E-state index is -0.349. The molecule has 2 aromatic heterocycles. The van der Waals surface area contributed by atoms with Gasteiger partial charge in [0.25, 0.3) is 0 Å². The van der Waals surface area contributed by atoms with Crippen molar-refractivity contribution in [1.29, 1.82) is 0 Å². The molecule has 0 unspecified atom stereocenters. The summed E-state index contributed by atoms with van der Waals surface area (Å²) in [6.45, 7) is 0.845. The van der Waals surface area contributed by atoms with E-state index in [4.69, 9.17) is 26.4 Å². The third kappa shape index (κ3) is 5.78. The van der Waals surface area contributed by atoms with Crippen LogP contribution < -0.4 is 10.1 Å². The lowest BCUT2D eigenvalue weighted by Crippen LogP contribution is -2.43. The number of halogens is 2. The largest absolute Gasteiger partial charge is 0.495 e. The smallest absolute Gasteiger partial charge is 0.322 e. The van der Waals surface area contributed by atoms with Gasteiger partial charge in [0.05, 0.1) is 18.7 Å². The highest BCUT2D eigenvalue weighted by Gasteiger charge is 2.27. The van der Waals surface area contributed by atoms with E-state index in [9.17, 15) is 9.18 Å². The Labute approximate surface area is 225 Å². The molecule has 5 rings (SSSR count). The lowest BCUT2D eigenvalue weighted by Gasteiger charge is -2.29. The van der Waals surface area contributed by atoms with Crippen LogP contribution in [0.25, 0.3) is 22.8 Å². The molecule has 1 fully saturated rings. The number of carbonyl (C=O) groups excluding carboxylic acids is 1. The Bertz CT molecular complexity index is 1390. The first-order valence-corrected chi connectivity index (χ1v) is 12.9. The molecule has 1 saturated carbocycles. The van der Waals surface area contributed by atoms with Crippen molar-refractivity contribution in [2.24, 2.45) is 0 Å². The first-order valence-electron chi connectivity index (χ1n) is 12.5. The van der Waals surface area contributed by atoms with Gasteiger partial charge in [-0.2, -0.15) is 5.10 Å². The van der Waals surface area contributed by atoms with Crippen LogP contribution in [0.1, 0.15) is 25.7 Å². The fourth-order valence-corrected chi connectivity index (χ4v) is 4.99. The van der Waals surface area contributed by atoms with Gasteiger partial charge in [0.15, 0.2) is 11.6 Å². The summed E-state index contributed by atoms with van der Waals surface area (Å²) in [6.07, 6.45) is 7.43. The first kappa shape index (κ1) is 25.7. The molecular formula is C28H28ClFN6O2. The summed E-state index contributed by atoms with van der Waals surface area (Å²) in [7, 11) is 1.57. The molecule has 8 nitrogen and oxygen atoms in total. The van der Waals surface area contributed by atoms with Gasteiger partial charge in [-0.3, -0.25) is 4.98 Å². The van der Waals surface area contributed by atoms with Crippen LogP contribution in [-0.2, 0) is 6.54 Å². The van der Waals surface area contributed by atoms with Crippen LogP contribution >= 0.6 is 11.6 Å². The minimum Gasteiger partial charge on any atom is -0.495 e. The normalized spacial score (nSPS) is 13.4. The number of aromatic nitrogens is 4. The van der Waals surface area contributed by atoms with E-state index in [-0.39, 0.29) is 17.9 Å². The zero-order valence-electron chi connectivity index (χ0n) is 21.0. The molecule has 196 valence electrons. The maximum atomic E-state index is 13.3. The average Bonchev–Trinajstić information content (AvgIpc) is 3.62. The van der Waals surface area contributed by atoms with Gasteiger partial charge in [0, 0.05) is 41.8 Å². The maximum Gasteiger partial charge on any atom is 0.322 e. The second-order valence-corrected chi connectivity index (χ2v) is 9.54. The van der Waals surface area contributed by atoms with Gasteiger partial charge in [-0.1, -0.05) is 24.4 Å². The summed E-state index contributed by atoms with van der Waals surface area (Å²) in [5.41, 5.74) is 2.17. The lowest BCUT2D eigenvalue weighted by atomic mass is 10.2. The fraction of sp³-hybridized carbons (Fsp3) is 0.286. The third-order valence-electron chi connectivity index (χ3n) is 6.69. The summed E-state index contributed by atoms with van der Waals surface area (Å²) >= 11 is 6.42. The number of benzene rings is 2. The molecule has 1 aliphatic rings. The molecule has 0 atom stereocenters. The van der Waals surface area contributed by atoms with Crippen LogP contribution in [0.4, 0.5) is 14.9 Å². The van der Waals surface area contributed by atoms with Gasteiger partial charge < -0.3 is 15.0 Å². The maximum absolute atomic E-state index is 13.3. The molecule has 2 amide bonds. The predicted octanol–water partition coefficient (Wildman–Crippen LogP) is 6.28. The van der Waals surface area contributed by atoms with Gasteiger partial charge in [0.1, 0.15) is 11.6 Å². The molecule has 0 aliphatic heterocycles. The highest BCUT2D eigenvalue weighted by molar-refractivity contribution is 6.32. The molecule has 38 heavy (non-hydrogen) atoms. The molecule has 0 spiro atoms. The molecule has 0 saturated heterocycles. The zero-order valence-corrected chi connectivity index (χ0v) is 21.7. The van der Waals surface area contributed by atoms with Crippen LogP contribution in [-0.4, -0.2) is 50.4 Å². The number of amides is 2. The van der Waals surface area contributed by atoms with Gasteiger partial charge in [0.2, 0.25) is 0 Å². The quantitative estimate of drug-likeness (QED) is 0.287. The molecular weight excluding hydrogens is 507 g/mol. The number of hydrogen-bond donors (Lipinski definition) is 1. The second-order valence-electron chi connectivity index (χ2n) is 9.14. The van der Waals surface area contributed by atoms with Crippen LogP contribution in [0.5, 0.6) is 5.75 Å². The van der Waals surface area contributed by atoms with E-state index >= 15 is 0 Å². The van der Waals surface area contributed by atoms with Crippen molar-refractivity contribution < 1.29 is 13.9 Å². The Kier molecular flexibility index (Phi) is 7.83. The minimum absolute atomic E-state index is 0.123. The second kappa shape index (κ2) is 11.6. The SMILES string of the molecule is COc1ccc(-c2nc(-c3ccncc3)nn2CCN(C(=O)Nc2ccc(F)cc2)C2CCCC2)cc1Cl. The summed E-state index contributed by atoms with van der Waals surface area (Å²) < 4.78 is 20.5. The fourth-order valence-electron chi connectivity index (χ4n) is 4.74. The van der Waals surface area contributed by atoms with E-state index in [1.54, 1.807) is 48.5 Å². The summed E-state index contributed by atoms with van der Waals surface area (Å²) in [6, 6.07) is 14.9. The number of hydrogen-bond acceptors (Lipinski definition) is 5. The Hall–Kier alpha value is -3.98. The van der Waals surface area contributed by atoms with Gasteiger partial charge in [-0.25, -0.2) is 18.9 Å².